The van der Waals surface area contributed by atoms with Gasteiger partial charge in [0.25, 0.3) is 0 Å². The van der Waals surface area contributed by atoms with Crippen LogP contribution in [0.15, 0.2) is 4.99 Å². The van der Waals surface area contributed by atoms with Gasteiger partial charge in [-0.1, -0.05) is 6.42 Å². The maximum absolute atomic E-state index is 11.2. The Morgan fingerprint density at radius 1 is 1.31 bits per heavy atom. The van der Waals surface area contributed by atoms with E-state index < -0.39 is 0 Å². The fourth-order valence-electron chi connectivity index (χ4n) is 1.10. The highest BCUT2D eigenvalue weighted by Gasteiger charge is 2.02. The number of hydrogen-bond donors (Lipinski definition) is 0. The predicted molar refractivity (Wildman–Crippen MR) is 61.0 cm³/mol. The zero-order chi connectivity index (χ0) is 12.2. The van der Waals surface area contributed by atoms with Gasteiger partial charge in [0.2, 0.25) is 6.08 Å². The highest BCUT2D eigenvalue weighted by molar-refractivity contribution is 5.69. The van der Waals surface area contributed by atoms with E-state index >= 15 is 0 Å². The molecule has 5 nitrogen and oxygen atoms in total. The molecule has 0 unspecified atom stereocenters. The van der Waals surface area contributed by atoms with Crippen molar-refractivity contribution in [2.24, 2.45) is 4.99 Å². The van der Waals surface area contributed by atoms with Gasteiger partial charge >= 0.3 is 5.97 Å². The normalized spacial score (nSPS) is 9.94. The Kier molecular flexibility index (Phi) is 9.56. The molecule has 0 atom stereocenters. The van der Waals surface area contributed by atoms with Crippen LogP contribution in [0.2, 0.25) is 0 Å². The van der Waals surface area contributed by atoms with Crippen molar-refractivity contribution in [3.63, 3.8) is 0 Å². The first-order valence-electron chi connectivity index (χ1n) is 5.51. The van der Waals surface area contributed by atoms with Crippen LogP contribution < -0.4 is 0 Å². The molecule has 0 amide bonds. The van der Waals surface area contributed by atoms with Gasteiger partial charge < -0.3 is 9.64 Å². The number of nitrogens with zero attached hydrogens (tertiary/aromatic N) is 2. The highest BCUT2D eigenvalue weighted by atomic mass is 16.5. The van der Waals surface area contributed by atoms with E-state index in [4.69, 9.17) is 4.74 Å². The lowest BCUT2D eigenvalue weighted by molar-refractivity contribution is -0.144. The molecule has 0 aliphatic carbocycles. The van der Waals surface area contributed by atoms with Gasteiger partial charge in [-0.05, 0) is 26.9 Å². The summed E-state index contributed by atoms with van der Waals surface area (Å²) in [6.07, 6.45) is 4.42. The van der Waals surface area contributed by atoms with Crippen LogP contribution in [0, 0.1) is 0 Å². The average Bonchev–Trinajstić information content (AvgIpc) is 2.22. The SMILES string of the molecule is CN(C)CCOC(=O)CCCCCN=C=O. The largest absolute Gasteiger partial charge is 0.464 e. The highest BCUT2D eigenvalue weighted by Crippen LogP contribution is 2.01. The lowest BCUT2D eigenvalue weighted by atomic mass is 10.2. The van der Waals surface area contributed by atoms with Crippen molar-refractivity contribution in [1.82, 2.24) is 4.90 Å². The van der Waals surface area contributed by atoms with Gasteiger partial charge in [0.1, 0.15) is 6.61 Å². The van der Waals surface area contributed by atoms with E-state index in [-0.39, 0.29) is 5.97 Å². The molecule has 0 aromatic carbocycles. The number of esters is 1. The second-order valence-electron chi connectivity index (χ2n) is 3.81. The number of unbranched alkanes of at least 4 members (excludes halogenated alkanes) is 2. The lowest BCUT2D eigenvalue weighted by Crippen LogP contribution is -2.20. The third kappa shape index (κ3) is 10.9. The van der Waals surface area contributed by atoms with Crippen molar-refractivity contribution < 1.29 is 14.3 Å². The Morgan fingerprint density at radius 3 is 2.69 bits per heavy atom. The summed E-state index contributed by atoms with van der Waals surface area (Å²) >= 11 is 0. The van der Waals surface area contributed by atoms with Gasteiger partial charge in [-0.3, -0.25) is 4.79 Å². The Bertz CT molecular complexity index is 235. The molecule has 0 radical (unpaired) electrons. The molecule has 0 rings (SSSR count). The van der Waals surface area contributed by atoms with Crippen LogP contribution in [-0.2, 0) is 14.3 Å². The zero-order valence-corrected chi connectivity index (χ0v) is 10.1. The number of ether oxygens (including phenoxy) is 1. The van der Waals surface area contributed by atoms with E-state index in [1.165, 1.54) is 6.08 Å². The van der Waals surface area contributed by atoms with Crippen LogP contribution in [0.25, 0.3) is 0 Å². The van der Waals surface area contributed by atoms with Crippen LogP contribution in [0.4, 0.5) is 0 Å². The molecule has 0 saturated carbocycles. The van der Waals surface area contributed by atoms with Crippen LogP contribution in [0.3, 0.4) is 0 Å². The van der Waals surface area contributed by atoms with E-state index in [0.717, 1.165) is 25.8 Å². The van der Waals surface area contributed by atoms with E-state index in [2.05, 4.69) is 4.99 Å². The van der Waals surface area contributed by atoms with Crippen LogP contribution >= 0.6 is 0 Å². The molecule has 0 aromatic rings. The molecule has 0 saturated heterocycles. The topological polar surface area (TPSA) is 59.0 Å². The zero-order valence-electron chi connectivity index (χ0n) is 10.1. The summed E-state index contributed by atoms with van der Waals surface area (Å²) in [6, 6.07) is 0. The van der Waals surface area contributed by atoms with Crippen molar-refractivity contribution in [3.8, 4) is 0 Å². The molecule has 5 heteroatoms. The number of isocyanates is 1. The third-order valence-corrected chi connectivity index (χ3v) is 2.02. The van der Waals surface area contributed by atoms with E-state index in [9.17, 15) is 9.59 Å². The van der Waals surface area contributed by atoms with Crippen molar-refractivity contribution in [3.05, 3.63) is 0 Å². The smallest absolute Gasteiger partial charge is 0.305 e. The standard InChI is InChI=1S/C11H20N2O3/c1-13(2)8-9-16-11(15)6-4-3-5-7-12-10-14/h3-9H2,1-2H3. The van der Waals surface area contributed by atoms with E-state index in [0.29, 0.717) is 19.6 Å². The number of rotatable bonds is 9. The summed E-state index contributed by atoms with van der Waals surface area (Å²) in [5, 5.41) is 0. The molecule has 16 heavy (non-hydrogen) atoms. The van der Waals surface area contributed by atoms with Crippen molar-refractivity contribution >= 4 is 12.0 Å². The second-order valence-corrected chi connectivity index (χ2v) is 3.81. The van der Waals surface area contributed by atoms with Crippen LogP contribution in [0.1, 0.15) is 25.7 Å². The monoisotopic (exact) mass is 228 g/mol. The molecule has 0 aliphatic heterocycles. The first-order chi connectivity index (χ1) is 7.66. The summed E-state index contributed by atoms with van der Waals surface area (Å²) in [5.41, 5.74) is 0. The summed E-state index contributed by atoms with van der Waals surface area (Å²) < 4.78 is 5.01. The van der Waals surface area contributed by atoms with Gasteiger partial charge in [-0.15, -0.1) is 0 Å². The maximum atomic E-state index is 11.2. The Hall–Kier alpha value is -1.19. The Morgan fingerprint density at radius 2 is 2.06 bits per heavy atom. The fraction of sp³-hybridized carbons (Fsp3) is 0.818. The number of carbonyl (C=O) groups is 1. The van der Waals surface area contributed by atoms with Crippen LogP contribution in [0.5, 0.6) is 0 Å². The quantitative estimate of drug-likeness (QED) is 0.255. The average molecular weight is 228 g/mol. The van der Waals surface area contributed by atoms with E-state index in [1.54, 1.807) is 0 Å². The minimum Gasteiger partial charge on any atom is -0.464 e. The summed E-state index contributed by atoms with van der Waals surface area (Å²) in [5.74, 6) is -0.152. The van der Waals surface area contributed by atoms with E-state index in [1.807, 2.05) is 19.0 Å². The first kappa shape index (κ1) is 14.8. The molecule has 0 N–H and O–H groups in total. The summed E-state index contributed by atoms with van der Waals surface area (Å²) in [7, 11) is 3.86. The van der Waals surface area contributed by atoms with Gasteiger partial charge in [0.15, 0.2) is 0 Å². The minimum atomic E-state index is -0.152. The predicted octanol–water partition coefficient (Wildman–Crippen LogP) is 0.987. The minimum absolute atomic E-state index is 0.152. The van der Waals surface area contributed by atoms with Gasteiger partial charge in [-0.2, -0.15) is 0 Å². The number of aliphatic imine (C=N–C) groups is 1. The Balaban J connectivity index is 3.27. The fourth-order valence-corrected chi connectivity index (χ4v) is 1.10. The van der Waals surface area contributed by atoms with Crippen molar-refractivity contribution in [2.75, 3.05) is 33.8 Å². The molecule has 0 spiro atoms. The van der Waals surface area contributed by atoms with Gasteiger partial charge in [0, 0.05) is 13.0 Å². The summed E-state index contributed by atoms with van der Waals surface area (Å²) in [4.78, 5) is 26.3. The van der Waals surface area contributed by atoms with Crippen molar-refractivity contribution in [2.45, 2.75) is 25.7 Å². The number of hydrogen-bond acceptors (Lipinski definition) is 5. The molecule has 0 fully saturated rings. The molecular formula is C11H20N2O3. The molecule has 0 heterocycles. The van der Waals surface area contributed by atoms with Crippen LogP contribution in [-0.4, -0.2) is 50.7 Å². The molecule has 92 valence electrons. The Labute approximate surface area is 96.5 Å². The number of likely N-dealkylation sites (N-methyl/N-ethyl adjacent to an activating group) is 1. The van der Waals surface area contributed by atoms with Gasteiger partial charge in [-0.25, -0.2) is 9.79 Å². The first-order valence-corrected chi connectivity index (χ1v) is 5.51. The molecule has 0 aliphatic rings. The van der Waals surface area contributed by atoms with Gasteiger partial charge in [0.05, 0.1) is 6.54 Å². The third-order valence-electron chi connectivity index (χ3n) is 2.02. The molecule has 0 bridgehead atoms. The molecular weight excluding hydrogens is 208 g/mol. The van der Waals surface area contributed by atoms with Crippen molar-refractivity contribution in [1.29, 1.82) is 0 Å². The summed E-state index contributed by atoms with van der Waals surface area (Å²) in [6.45, 7) is 1.69. The molecule has 0 aromatic heterocycles. The number of carbonyl (C=O) groups excluding carboxylic acids is 2. The maximum Gasteiger partial charge on any atom is 0.305 e. The lowest BCUT2D eigenvalue weighted by Gasteiger charge is -2.09. The second kappa shape index (κ2) is 10.3.